The summed E-state index contributed by atoms with van der Waals surface area (Å²) in [6.07, 6.45) is 0. The minimum absolute atomic E-state index is 0.132. The second-order valence-corrected chi connectivity index (χ2v) is 6.95. The van der Waals surface area contributed by atoms with E-state index in [4.69, 9.17) is 0 Å². The second kappa shape index (κ2) is 4.46. The third-order valence-electron chi connectivity index (χ3n) is 3.03. The highest BCUT2D eigenvalue weighted by Gasteiger charge is 2.33. The molecule has 0 radical (unpaired) electrons. The minimum Gasteiger partial charge on any atom is -0.303 e. The lowest BCUT2D eigenvalue weighted by Gasteiger charge is -2.11. The van der Waals surface area contributed by atoms with E-state index >= 15 is 0 Å². The predicted octanol–water partition coefficient (Wildman–Crippen LogP) is 1.76. The van der Waals surface area contributed by atoms with E-state index in [1.54, 1.807) is 17.6 Å². The summed E-state index contributed by atoms with van der Waals surface area (Å²) >= 11 is 1.54. The number of hydrogen-bond donors (Lipinski definition) is 1. The molecule has 0 aliphatic carbocycles. The molecule has 0 bridgehead atoms. The van der Waals surface area contributed by atoms with E-state index in [2.05, 4.69) is 10.3 Å². The van der Waals surface area contributed by atoms with Crippen LogP contribution in [0.5, 0.6) is 0 Å². The SMILES string of the molecule is O=S1(=O)CC(NCc2cscn2)c2ccccc21. The Bertz CT molecular complexity index is 650. The van der Waals surface area contributed by atoms with E-state index in [-0.39, 0.29) is 11.8 Å². The Kier molecular flexibility index (Phi) is 2.93. The number of benzene rings is 1. The van der Waals surface area contributed by atoms with Crippen LogP contribution in [0.2, 0.25) is 0 Å². The van der Waals surface area contributed by atoms with Gasteiger partial charge in [0.25, 0.3) is 0 Å². The van der Waals surface area contributed by atoms with Gasteiger partial charge in [-0.05, 0) is 11.6 Å². The number of hydrogen-bond acceptors (Lipinski definition) is 5. The van der Waals surface area contributed by atoms with Crippen molar-refractivity contribution in [1.29, 1.82) is 0 Å². The Morgan fingerprint density at radius 2 is 2.22 bits per heavy atom. The number of thiazole rings is 1. The first-order valence-corrected chi connectivity index (χ1v) is 8.18. The average Bonchev–Trinajstić information content (AvgIpc) is 2.95. The molecule has 0 fully saturated rings. The number of fused-ring (bicyclic) bond motifs is 1. The molecule has 2 aromatic rings. The zero-order valence-corrected chi connectivity index (χ0v) is 11.2. The van der Waals surface area contributed by atoms with Crippen molar-refractivity contribution >= 4 is 21.2 Å². The van der Waals surface area contributed by atoms with E-state index < -0.39 is 9.84 Å². The molecule has 0 spiro atoms. The Labute approximate surface area is 110 Å². The molecular formula is C12H12N2O2S2. The minimum atomic E-state index is -3.13. The molecule has 18 heavy (non-hydrogen) atoms. The standard InChI is InChI=1S/C12H12N2O2S2/c15-18(16)7-11(10-3-1-2-4-12(10)18)13-5-9-6-17-8-14-9/h1-4,6,8,11,13H,5,7H2. The first-order valence-electron chi connectivity index (χ1n) is 5.59. The highest BCUT2D eigenvalue weighted by molar-refractivity contribution is 7.91. The summed E-state index contributed by atoms with van der Waals surface area (Å²) in [4.78, 5) is 4.64. The molecule has 1 aliphatic rings. The summed E-state index contributed by atoms with van der Waals surface area (Å²) in [5.74, 6) is 0.135. The molecule has 3 rings (SSSR count). The molecule has 1 unspecified atom stereocenters. The van der Waals surface area contributed by atoms with Gasteiger partial charge in [0.05, 0.1) is 21.9 Å². The molecule has 1 aromatic heterocycles. The zero-order chi connectivity index (χ0) is 12.6. The van der Waals surface area contributed by atoms with E-state index in [0.717, 1.165) is 11.3 Å². The van der Waals surface area contributed by atoms with Crippen molar-refractivity contribution in [3.8, 4) is 0 Å². The lowest BCUT2D eigenvalue weighted by atomic mass is 10.1. The van der Waals surface area contributed by atoms with Crippen LogP contribution in [-0.2, 0) is 16.4 Å². The molecule has 1 aromatic carbocycles. The maximum absolute atomic E-state index is 12.0. The van der Waals surface area contributed by atoms with Gasteiger partial charge in [-0.1, -0.05) is 18.2 Å². The summed E-state index contributed by atoms with van der Waals surface area (Å²) in [7, 11) is -3.13. The third-order valence-corrected chi connectivity index (χ3v) is 5.48. The third kappa shape index (κ3) is 2.07. The Morgan fingerprint density at radius 3 is 3.00 bits per heavy atom. The fourth-order valence-corrected chi connectivity index (χ4v) is 4.50. The molecule has 1 atom stereocenters. The number of aromatic nitrogens is 1. The van der Waals surface area contributed by atoms with Crippen molar-refractivity contribution in [3.05, 3.63) is 46.4 Å². The van der Waals surface area contributed by atoms with Crippen molar-refractivity contribution in [2.45, 2.75) is 17.5 Å². The average molecular weight is 280 g/mol. The monoisotopic (exact) mass is 280 g/mol. The van der Waals surface area contributed by atoms with Crippen molar-refractivity contribution < 1.29 is 8.42 Å². The molecule has 0 saturated heterocycles. The lowest BCUT2D eigenvalue weighted by molar-refractivity contribution is 0.562. The number of nitrogens with zero attached hydrogens (tertiary/aromatic N) is 1. The van der Waals surface area contributed by atoms with Crippen molar-refractivity contribution in [1.82, 2.24) is 10.3 Å². The van der Waals surface area contributed by atoms with Gasteiger partial charge in [-0.2, -0.15) is 0 Å². The summed E-state index contributed by atoms with van der Waals surface area (Å²) in [6.45, 7) is 0.595. The van der Waals surface area contributed by atoms with Crippen LogP contribution in [0.3, 0.4) is 0 Å². The Balaban J connectivity index is 1.83. The Hall–Kier alpha value is -1.24. The summed E-state index contributed by atoms with van der Waals surface area (Å²) in [6, 6.07) is 7.05. The van der Waals surface area contributed by atoms with Crippen LogP contribution in [-0.4, -0.2) is 19.2 Å². The van der Waals surface area contributed by atoms with Crippen LogP contribution in [0.4, 0.5) is 0 Å². The van der Waals surface area contributed by atoms with Crippen LogP contribution in [0.1, 0.15) is 17.3 Å². The first kappa shape index (κ1) is 11.8. The van der Waals surface area contributed by atoms with Crippen LogP contribution in [0, 0.1) is 0 Å². The molecule has 0 amide bonds. The Morgan fingerprint density at radius 1 is 1.39 bits per heavy atom. The number of nitrogens with one attached hydrogen (secondary N) is 1. The predicted molar refractivity (Wildman–Crippen MR) is 70.2 cm³/mol. The maximum Gasteiger partial charge on any atom is 0.180 e. The molecule has 2 heterocycles. The number of sulfone groups is 1. The summed E-state index contributed by atoms with van der Waals surface area (Å²) in [5.41, 5.74) is 3.59. The molecule has 94 valence electrons. The zero-order valence-electron chi connectivity index (χ0n) is 9.54. The molecule has 1 N–H and O–H groups in total. The van der Waals surface area contributed by atoms with Crippen LogP contribution >= 0.6 is 11.3 Å². The molecule has 4 nitrogen and oxygen atoms in total. The van der Waals surface area contributed by atoms with Crippen LogP contribution in [0.15, 0.2) is 40.1 Å². The van der Waals surface area contributed by atoms with Gasteiger partial charge in [-0.15, -0.1) is 11.3 Å². The van der Waals surface area contributed by atoms with Crippen LogP contribution < -0.4 is 5.32 Å². The quantitative estimate of drug-likeness (QED) is 0.930. The molecule has 1 aliphatic heterocycles. The van der Waals surface area contributed by atoms with E-state index in [0.29, 0.717) is 11.4 Å². The lowest BCUT2D eigenvalue weighted by Crippen LogP contribution is -2.22. The molecule has 6 heteroatoms. The van der Waals surface area contributed by atoms with Gasteiger partial charge in [-0.3, -0.25) is 0 Å². The second-order valence-electron chi connectivity index (χ2n) is 4.23. The number of rotatable bonds is 3. The fraction of sp³-hybridized carbons (Fsp3) is 0.250. The van der Waals surface area contributed by atoms with Gasteiger partial charge < -0.3 is 5.32 Å². The largest absolute Gasteiger partial charge is 0.303 e. The van der Waals surface area contributed by atoms with Gasteiger partial charge in [0.15, 0.2) is 9.84 Å². The maximum atomic E-state index is 12.0. The van der Waals surface area contributed by atoms with Crippen LogP contribution in [0.25, 0.3) is 0 Å². The highest BCUT2D eigenvalue weighted by atomic mass is 32.2. The van der Waals surface area contributed by atoms with Gasteiger partial charge in [0.2, 0.25) is 0 Å². The van der Waals surface area contributed by atoms with Gasteiger partial charge in [0.1, 0.15) is 0 Å². The van der Waals surface area contributed by atoms with E-state index in [1.165, 1.54) is 11.3 Å². The normalized spacial score (nSPS) is 20.8. The smallest absolute Gasteiger partial charge is 0.180 e. The topological polar surface area (TPSA) is 59.1 Å². The van der Waals surface area contributed by atoms with Crippen molar-refractivity contribution in [2.24, 2.45) is 0 Å². The van der Waals surface area contributed by atoms with Gasteiger partial charge in [-0.25, -0.2) is 13.4 Å². The van der Waals surface area contributed by atoms with E-state index in [9.17, 15) is 8.42 Å². The highest BCUT2D eigenvalue weighted by Crippen LogP contribution is 2.33. The van der Waals surface area contributed by atoms with Crippen molar-refractivity contribution in [3.63, 3.8) is 0 Å². The van der Waals surface area contributed by atoms with Gasteiger partial charge in [0, 0.05) is 18.0 Å². The summed E-state index contributed by atoms with van der Waals surface area (Å²) < 4.78 is 23.9. The first-order chi connectivity index (χ1) is 8.67. The molecule has 0 saturated carbocycles. The fourth-order valence-electron chi connectivity index (χ4n) is 2.17. The summed E-state index contributed by atoms with van der Waals surface area (Å²) in [5, 5.41) is 5.22. The molecular weight excluding hydrogens is 268 g/mol. The van der Waals surface area contributed by atoms with Crippen molar-refractivity contribution in [2.75, 3.05) is 5.75 Å². The van der Waals surface area contributed by atoms with Gasteiger partial charge >= 0.3 is 0 Å². The van der Waals surface area contributed by atoms with E-state index in [1.807, 2.05) is 17.5 Å².